The molecule has 1 N–H and O–H groups in total. The Hall–Kier alpha value is -1.26. The summed E-state index contributed by atoms with van der Waals surface area (Å²) < 4.78 is 17.0. The minimum Gasteiger partial charge on any atom is -0.497 e. The summed E-state index contributed by atoms with van der Waals surface area (Å²) in [6.45, 7) is 7.06. The van der Waals surface area contributed by atoms with E-state index in [4.69, 9.17) is 14.2 Å². The monoisotopic (exact) mass is 295 g/mol. The highest BCUT2D eigenvalue weighted by Gasteiger charge is 2.38. The van der Waals surface area contributed by atoms with Crippen LogP contribution in [0.4, 0.5) is 0 Å². The third-order valence-corrected chi connectivity index (χ3v) is 4.20. The molecule has 0 saturated heterocycles. The molecule has 0 aliphatic heterocycles. The van der Waals surface area contributed by atoms with Crippen molar-refractivity contribution in [2.24, 2.45) is 0 Å². The van der Waals surface area contributed by atoms with E-state index in [1.54, 1.807) is 14.2 Å². The van der Waals surface area contributed by atoms with Crippen molar-refractivity contribution in [3.8, 4) is 11.5 Å². The minimum atomic E-state index is -0.245. The molecule has 1 aromatic carbocycles. The Kier molecular flexibility index (Phi) is 6.99. The summed E-state index contributed by atoms with van der Waals surface area (Å²) in [6, 6.07) is 6.00. The molecular formula is C17H29NO3. The van der Waals surface area contributed by atoms with E-state index in [1.165, 1.54) is 0 Å². The van der Waals surface area contributed by atoms with E-state index in [0.29, 0.717) is 6.61 Å². The molecule has 0 spiro atoms. The van der Waals surface area contributed by atoms with Gasteiger partial charge in [0.05, 0.1) is 25.9 Å². The molecule has 21 heavy (non-hydrogen) atoms. The zero-order chi connectivity index (χ0) is 15.9. The average Bonchev–Trinajstić information content (AvgIpc) is 2.54. The van der Waals surface area contributed by atoms with Gasteiger partial charge in [0.1, 0.15) is 11.5 Å². The van der Waals surface area contributed by atoms with Gasteiger partial charge in [0.2, 0.25) is 0 Å². The van der Waals surface area contributed by atoms with Crippen LogP contribution in [0.25, 0.3) is 0 Å². The third-order valence-electron chi connectivity index (χ3n) is 4.20. The average molecular weight is 295 g/mol. The van der Waals surface area contributed by atoms with Crippen LogP contribution < -0.4 is 14.8 Å². The number of methoxy groups -OCH3 is 2. The molecular weight excluding hydrogens is 266 g/mol. The van der Waals surface area contributed by atoms with Crippen LogP contribution in [0.15, 0.2) is 18.2 Å². The number of nitrogens with one attached hydrogen (secondary N) is 1. The van der Waals surface area contributed by atoms with E-state index in [9.17, 15) is 0 Å². The van der Waals surface area contributed by atoms with Crippen LogP contribution in [0.5, 0.6) is 11.5 Å². The van der Waals surface area contributed by atoms with Crippen molar-refractivity contribution in [3.05, 3.63) is 23.8 Å². The van der Waals surface area contributed by atoms with E-state index in [2.05, 4.69) is 25.2 Å². The topological polar surface area (TPSA) is 39.7 Å². The van der Waals surface area contributed by atoms with E-state index in [-0.39, 0.29) is 11.6 Å². The van der Waals surface area contributed by atoms with Crippen LogP contribution in [0.3, 0.4) is 0 Å². The van der Waals surface area contributed by atoms with Crippen LogP contribution in [-0.4, -0.2) is 33.5 Å². The number of hydrogen-bond acceptors (Lipinski definition) is 4. The molecule has 1 unspecified atom stereocenters. The molecule has 0 saturated carbocycles. The Morgan fingerprint density at radius 1 is 1.10 bits per heavy atom. The maximum absolute atomic E-state index is 6.14. The molecule has 1 atom stereocenters. The maximum atomic E-state index is 6.14. The second-order valence-electron chi connectivity index (χ2n) is 5.03. The molecule has 0 fully saturated rings. The Bertz CT molecular complexity index is 430. The summed E-state index contributed by atoms with van der Waals surface area (Å²) in [6.07, 6.45) is 1.86. The van der Waals surface area contributed by atoms with Gasteiger partial charge >= 0.3 is 0 Å². The van der Waals surface area contributed by atoms with Crippen LogP contribution in [0, 0.1) is 0 Å². The van der Waals surface area contributed by atoms with E-state index in [1.807, 2.05) is 26.1 Å². The normalized spacial score (nSPS) is 13.0. The molecule has 1 rings (SSSR count). The summed E-state index contributed by atoms with van der Waals surface area (Å²) in [5.41, 5.74) is 0.851. The van der Waals surface area contributed by atoms with Gasteiger partial charge < -0.3 is 19.5 Å². The number of ether oxygens (including phenoxy) is 3. The largest absolute Gasteiger partial charge is 0.497 e. The molecule has 0 aliphatic carbocycles. The quantitative estimate of drug-likeness (QED) is 0.756. The Morgan fingerprint density at radius 3 is 2.19 bits per heavy atom. The number of benzene rings is 1. The molecule has 120 valence electrons. The summed E-state index contributed by atoms with van der Waals surface area (Å²) in [5.74, 6) is 1.61. The first-order chi connectivity index (χ1) is 10.1. The predicted octanol–water partition coefficient (Wildman–Crippen LogP) is 3.56. The fourth-order valence-corrected chi connectivity index (χ4v) is 2.99. The molecule has 4 nitrogen and oxygen atoms in total. The lowest BCUT2D eigenvalue weighted by Crippen LogP contribution is -2.44. The summed E-state index contributed by atoms with van der Waals surface area (Å²) >= 11 is 0. The van der Waals surface area contributed by atoms with Gasteiger partial charge in [0.15, 0.2) is 0 Å². The predicted molar refractivity (Wildman–Crippen MR) is 86.3 cm³/mol. The van der Waals surface area contributed by atoms with Crippen LogP contribution in [0.1, 0.15) is 45.2 Å². The Balaban J connectivity index is 3.30. The van der Waals surface area contributed by atoms with Crippen LogP contribution in [-0.2, 0) is 4.74 Å². The summed E-state index contributed by atoms with van der Waals surface area (Å²) in [7, 11) is 5.31. The lowest BCUT2D eigenvalue weighted by atomic mass is 9.83. The lowest BCUT2D eigenvalue weighted by molar-refractivity contribution is -0.0721. The molecule has 0 radical (unpaired) electrons. The highest BCUT2D eigenvalue weighted by atomic mass is 16.5. The van der Waals surface area contributed by atoms with Gasteiger partial charge in [-0.3, -0.25) is 0 Å². The van der Waals surface area contributed by atoms with E-state index < -0.39 is 0 Å². The number of rotatable bonds is 9. The van der Waals surface area contributed by atoms with Gasteiger partial charge in [0, 0.05) is 18.2 Å². The molecule has 0 amide bonds. The number of hydrogen-bond donors (Lipinski definition) is 1. The third kappa shape index (κ3) is 3.69. The van der Waals surface area contributed by atoms with Gasteiger partial charge in [-0.2, -0.15) is 0 Å². The van der Waals surface area contributed by atoms with Crippen molar-refractivity contribution in [2.75, 3.05) is 27.9 Å². The van der Waals surface area contributed by atoms with Crippen molar-refractivity contribution in [2.45, 2.75) is 45.3 Å². The van der Waals surface area contributed by atoms with Gasteiger partial charge in [-0.15, -0.1) is 0 Å². The van der Waals surface area contributed by atoms with Crippen molar-refractivity contribution >= 4 is 0 Å². The van der Waals surface area contributed by atoms with Crippen molar-refractivity contribution in [3.63, 3.8) is 0 Å². The summed E-state index contributed by atoms with van der Waals surface area (Å²) in [5, 5.41) is 3.41. The fourth-order valence-electron chi connectivity index (χ4n) is 2.99. The molecule has 0 heterocycles. The highest BCUT2D eigenvalue weighted by Crippen LogP contribution is 2.40. The maximum Gasteiger partial charge on any atom is 0.127 e. The van der Waals surface area contributed by atoms with E-state index >= 15 is 0 Å². The van der Waals surface area contributed by atoms with Gasteiger partial charge in [-0.05, 0) is 38.9 Å². The Labute approximate surface area is 128 Å². The number of likely N-dealkylation sites (N-methyl/N-ethyl adjacent to an activating group) is 1. The van der Waals surface area contributed by atoms with Crippen LogP contribution >= 0.6 is 0 Å². The van der Waals surface area contributed by atoms with Crippen LogP contribution in [0.2, 0.25) is 0 Å². The Morgan fingerprint density at radius 2 is 1.76 bits per heavy atom. The molecule has 0 aromatic heterocycles. The molecule has 0 bridgehead atoms. The minimum absolute atomic E-state index is 0.0632. The zero-order valence-corrected chi connectivity index (χ0v) is 14.2. The fraction of sp³-hybridized carbons (Fsp3) is 0.647. The molecule has 0 aliphatic rings. The second-order valence-corrected chi connectivity index (χ2v) is 5.03. The smallest absolute Gasteiger partial charge is 0.127 e. The lowest BCUT2D eigenvalue weighted by Gasteiger charge is -2.40. The van der Waals surface area contributed by atoms with Crippen molar-refractivity contribution < 1.29 is 14.2 Å². The van der Waals surface area contributed by atoms with Gasteiger partial charge in [-0.25, -0.2) is 0 Å². The highest BCUT2D eigenvalue weighted by molar-refractivity contribution is 5.43. The van der Waals surface area contributed by atoms with Crippen molar-refractivity contribution in [1.29, 1.82) is 0 Å². The molecule has 1 aromatic rings. The standard InChI is InChI=1S/C17H29NO3/c1-7-17(8-2,21-9-3)16(18-4)14-11-10-13(19-5)12-15(14)20-6/h10-12,16,18H,7-9H2,1-6H3. The first kappa shape index (κ1) is 17.8. The first-order valence-electron chi connectivity index (χ1n) is 7.65. The SMILES string of the molecule is CCOC(CC)(CC)C(NC)c1ccc(OC)cc1OC. The van der Waals surface area contributed by atoms with Gasteiger partial charge in [0.25, 0.3) is 0 Å². The summed E-state index contributed by atoms with van der Waals surface area (Å²) in [4.78, 5) is 0. The molecule has 4 heteroatoms. The first-order valence-corrected chi connectivity index (χ1v) is 7.65. The zero-order valence-electron chi connectivity index (χ0n) is 14.2. The van der Waals surface area contributed by atoms with E-state index in [0.717, 1.165) is 29.9 Å². The van der Waals surface area contributed by atoms with Crippen molar-refractivity contribution in [1.82, 2.24) is 5.32 Å². The van der Waals surface area contributed by atoms with Gasteiger partial charge in [-0.1, -0.05) is 13.8 Å². The second kappa shape index (κ2) is 8.25.